The van der Waals surface area contributed by atoms with Gasteiger partial charge in [-0.1, -0.05) is 91.2 Å². The first-order valence-corrected chi connectivity index (χ1v) is 9.74. The zero-order valence-corrected chi connectivity index (χ0v) is 14.4. The maximum atomic E-state index is 14.3. The van der Waals surface area contributed by atoms with E-state index in [0.29, 0.717) is 5.30 Å². The molecule has 0 fully saturated rings. The van der Waals surface area contributed by atoms with Crippen LogP contribution in [0.4, 0.5) is 8.78 Å². The Morgan fingerprint density at radius 3 is 1.58 bits per heavy atom. The molecule has 0 N–H and O–H groups in total. The van der Waals surface area contributed by atoms with Crippen LogP contribution in [0, 0.1) is 0 Å². The molecule has 0 aliphatic rings. The van der Waals surface area contributed by atoms with E-state index in [1.54, 1.807) is 12.1 Å². The Balaban J connectivity index is 2.36. The fourth-order valence-corrected chi connectivity index (χ4v) is 6.21. The van der Waals surface area contributed by atoms with Gasteiger partial charge in [-0.05, 0) is 22.8 Å². The van der Waals surface area contributed by atoms with Crippen LogP contribution >= 0.6 is 6.89 Å². The molecule has 3 aromatic rings. The summed E-state index contributed by atoms with van der Waals surface area (Å²) in [6.07, 6.45) is 4.53. The molecule has 0 atom stereocenters. The van der Waals surface area contributed by atoms with Crippen molar-refractivity contribution in [3.05, 3.63) is 90.5 Å². The van der Waals surface area contributed by atoms with Gasteiger partial charge in [-0.2, -0.15) is 0 Å². The Hall–Kier alpha value is -2.18. The molecule has 0 saturated heterocycles. The predicted octanol–water partition coefficient (Wildman–Crippen LogP) is 4.52. The Bertz CT molecular complexity index is 822. The summed E-state index contributed by atoms with van der Waals surface area (Å²) in [5.74, 6) is -2.91. The first kappa shape index (κ1) is 16.7. The van der Waals surface area contributed by atoms with Crippen molar-refractivity contribution in [2.45, 2.75) is 12.8 Å². The lowest BCUT2D eigenvalue weighted by molar-refractivity contribution is 0.0186. The second-order valence-corrected chi connectivity index (χ2v) is 9.02. The van der Waals surface area contributed by atoms with E-state index in [1.165, 1.54) is 6.07 Å². The standard InChI is InChI=1S/C21H19F2P/c1-21(22,23)19-15-9-10-16-20(19)24(2,17-11-5-3-6-12-17)18-13-7-4-8-14-18/h3-16H,2H2,1H3. The number of alkyl halides is 2. The van der Waals surface area contributed by atoms with Gasteiger partial charge in [0.2, 0.25) is 0 Å². The summed E-state index contributed by atoms with van der Waals surface area (Å²) < 4.78 is 28.5. The Labute approximate surface area is 141 Å². The molecule has 0 radical (unpaired) electrons. The predicted molar refractivity (Wildman–Crippen MR) is 102 cm³/mol. The number of benzene rings is 3. The van der Waals surface area contributed by atoms with Crippen molar-refractivity contribution in [2.24, 2.45) is 0 Å². The maximum absolute atomic E-state index is 14.3. The third-order valence-electron chi connectivity index (χ3n) is 4.18. The molecule has 3 heteroatoms. The van der Waals surface area contributed by atoms with Crippen molar-refractivity contribution in [1.29, 1.82) is 0 Å². The average Bonchev–Trinajstić information content (AvgIpc) is 2.62. The van der Waals surface area contributed by atoms with E-state index < -0.39 is 12.8 Å². The fourth-order valence-electron chi connectivity index (χ4n) is 2.97. The van der Waals surface area contributed by atoms with Crippen molar-refractivity contribution in [3.8, 4) is 0 Å². The van der Waals surface area contributed by atoms with Crippen LogP contribution in [0.1, 0.15) is 12.5 Å². The molecule has 0 saturated carbocycles. The van der Waals surface area contributed by atoms with Crippen molar-refractivity contribution < 1.29 is 8.78 Å². The van der Waals surface area contributed by atoms with Crippen LogP contribution in [0.2, 0.25) is 0 Å². The van der Waals surface area contributed by atoms with Crippen molar-refractivity contribution in [1.82, 2.24) is 0 Å². The van der Waals surface area contributed by atoms with Gasteiger partial charge in [-0.25, -0.2) is 8.78 Å². The zero-order chi connectivity index (χ0) is 17.2. The second kappa shape index (κ2) is 6.37. The minimum atomic E-state index is -2.91. The van der Waals surface area contributed by atoms with Crippen LogP contribution in [0.3, 0.4) is 0 Å². The third kappa shape index (κ3) is 2.95. The number of hydrogen-bond acceptors (Lipinski definition) is 0. The first-order chi connectivity index (χ1) is 11.4. The van der Waals surface area contributed by atoms with Gasteiger partial charge < -0.3 is 0 Å². The van der Waals surface area contributed by atoms with Gasteiger partial charge >= 0.3 is 0 Å². The number of hydrogen-bond donors (Lipinski definition) is 0. The van der Waals surface area contributed by atoms with E-state index in [4.69, 9.17) is 0 Å². The van der Waals surface area contributed by atoms with Gasteiger partial charge in [0, 0.05) is 12.5 Å². The molecule has 0 aromatic heterocycles. The van der Waals surface area contributed by atoms with Crippen molar-refractivity contribution >= 4 is 29.1 Å². The number of rotatable bonds is 4. The number of halogens is 2. The van der Waals surface area contributed by atoms with Gasteiger partial charge in [0.1, 0.15) is 0 Å². The normalized spacial score (nSPS) is 12.1. The van der Waals surface area contributed by atoms with E-state index in [-0.39, 0.29) is 5.56 Å². The summed E-state index contributed by atoms with van der Waals surface area (Å²) in [4.78, 5) is 0. The van der Waals surface area contributed by atoms with Crippen LogP contribution in [0.15, 0.2) is 84.9 Å². The molecule has 122 valence electrons. The molecule has 24 heavy (non-hydrogen) atoms. The van der Waals surface area contributed by atoms with Gasteiger partial charge in [-0.3, -0.25) is 0 Å². The molecule has 3 rings (SSSR count). The molecule has 3 aromatic carbocycles. The summed E-state index contributed by atoms with van der Waals surface area (Å²) in [5, 5.41) is 2.62. The molecule has 0 aliphatic heterocycles. The molecule has 0 aliphatic carbocycles. The smallest absolute Gasteiger partial charge is 0.202 e. The Morgan fingerprint density at radius 2 is 1.12 bits per heavy atom. The molecule has 0 heterocycles. The lowest BCUT2D eigenvalue weighted by Gasteiger charge is -2.30. The summed E-state index contributed by atoms with van der Waals surface area (Å²) in [6, 6.07) is 26.3. The van der Waals surface area contributed by atoms with Crippen LogP contribution < -0.4 is 15.9 Å². The summed E-state index contributed by atoms with van der Waals surface area (Å²) in [6.45, 7) is -1.44. The van der Waals surface area contributed by atoms with Crippen LogP contribution in [0.5, 0.6) is 0 Å². The van der Waals surface area contributed by atoms with Gasteiger partial charge in [0.05, 0.1) is 0 Å². The Kier molecular flexibility index (Phi) is 4.43. The largest absolute Gasteiger partial charge is 0.271 e. The summed E-state index contributed by atoms with van der Waals surface area (Å²) in [5.41, 5.74) is 0.0565. The van der Waals surface area contributed by atoms with Gasteiger partial charge in [0.25, 0.3) is 5.92 Å². The van der Waals surface area contributed by atoms with Crippen molar-refractivity contribution in [2.75, 3.05) is 0 Å². The van der Waals surface area contributed by atoms with Crippen LogP contribution in [-0.2, 0) is 5.92 Å². The highest BCUT2D eigenvalue weighted by Gasteiger charge is 2.33. The zero-order valence-electron chi connectivity index (χ0n) is 13.5. The quantitative estimate of drug-likeness (QED) is 0.613. The van der Waals surface area contributed by atoms with E-state index in [2.05, 4.69) is 6.30 Å². The summed E-state index contributed by atoms with van der Waals surface area (Å²) >= 11 is 0. The molecule has 0 spiro atoms. The van der Waals surface area contributed by atoms with Crippen LogP contribution in [0.25, 0.3) is 0 Å². The highest BCUT2D eigenvalue weighted by Crippen LogP contribution is 2.45. The van der Waals surface area contributed by atoms with E-state index >= 15 is 0 Å². The monoisotopic (exact) mass is 340 g/mol. The SMILES string of the molecule is C=P(c1ccccc1)(c1ccccc1)c1ccccc1C(C)(F)F. The van der Waals surface area contributed by atoms with E-state index in [0.717, 1.165) is 17.5 Å². The van der Waals surface area contributed by atoms with Crippen molar-refractivity contribution in [3.63, 3.8) is 0 Å². The molecular weight excluding hydrogens is 321 g/mol. The lowest BCUT2D eigenvalue weighted by Crippen LogP contribution is -2.30. The second-order valence-electron chi connectivity index (χ2n) is 5.89. The highest BCUT2D eigenvalue weighted by molar-refractivity contribution is 7.93. The van der Waals surface area contributed by atoms with Gasteiger partial charge in [0.15, 0.2) is 0 Å². The molecule has 0 bridgehead atoms. The highest BCUT2D eigenvalue weighted by atomic mass is 31.2. The molecule has 0 unspecified atom stereocenters. The molecule has 0 amide bonds. The molecule has 0 nitrogen and oxygen atoms in total. The summed E-state index contributed by atoms with van der Waals surface area (Å²) in [7, 11) is 0. The van der Waals surface area contributed by atoms with E-state index in [9.17, 15) is 8.78 Å². The van der Waals surface area contributed by atoms with Gasteiger partial charge in [-0.15, -0.1) is 0 Å². The van der Waals surface area contributed by atoms with E-state index in [1.807, 2.05) is 66.7 Å². The first-order valence-electron chi connectivity index (χ1n) is 7.76. The minimum absolute atomic E-state index is 0.0565. The topological polar surface area (TPSA) is 0 Å². The minimum Gasteiger partial charge on any atom is -0.202 e. The Morgan fingerprint density at radius 1 is 0.708 bits per heavy atom. The fraction of sp³-hybridized carbons (Fsp3) is 0.0952. The molecular formula is C21H19F2P. The lowest BCUT2D eigenvalue weighted by atomic mass is 10.1. The third-order valence-corrected chi connectivity index (χ3v) is 7.75. The average molecular weight is 340 g/mol. The van der Waals surface area contributed by atoms with Crippen LogP contribution in [-0.4, -0.2) is 6.30 Å². The maximum Gasteiger partial charge on any atom is 0.271 e.